The third-order valence-corrected chi connectivity index (χ3v) is 4.63. The Hall–Kier alpha value is -2.37. The summed E-state index contributed by atoms with van der Waals surface area (Å²) in [5.74, 6) is -0.562. The smallest absolute Gasteiger partial charge is 0.251 e. The van der Waals surface area contributed by atoms with Crippen LogP contribution in [0.1, 0.15) is 56.8 Å². The van der Waals surface area contributed by atoms with Gasteiger partial charge in [0.05, 0.1) is 5.92 Å². The largest absolute Gasteiger partial charge is 0.352 e. The molecular formula is C20H29N3O3. The van der Waals surface area contributed by atoms with Crippen molar-refractivity contribution in [1.29, 1.82) is 0 Å². The zero-order valence-electron chi connectivity index (χ0n) is 15.9. The van der Waals surface area contributed by atoms with E-state index in [0.717, 1.165) is 19.3 Å². The molecule has 3 amide bonds. The highest BCUT2D eigenvalue weighted by Crippen LogP contribution is 2.22. The van der Waals surface area contributed by atoms with Gasteiger partial charge in [-0.3, -0.25) is 14.4 Å². The predicted molar refractivity (Wildman–Crippen MR) is 102 cm³/mol. The average molecular weight is 359 g/mol. The first kappa shape index (κ1) is 19.9. The van der Waals surface area contributed by atoms with Crippen LogP contribution in [0, 0.1) is 5.92 Å². The van der Waals surface area contributed by atoms with Crippen LogP contribution in [0.4, 0.5) is 5.69 Å². The second-order valence-electron chi connectivity index (χ2n) is 7.07. The Kier molecular flexibility index (Phi) is 7.18. The van der Waals surface area contributed by atoms with Gasteiger partial charge in [0.1, 0.15) is 0 Å². The van der Waals surface area contributed by atoms with Gasteiger partial charge in [0, 0.05) is 36.8 Å². The van der Waals surface area contributed by atoms with Gasteiger partial charge >= 0.3 is 0 Å². The highest BCUT2D eigenvalue weighted by molar-refractivity contribution is 5.98. The van der Waals surface area contributed by atoms with Gasteiger partial charge in [0.15, 0.2) is 0 Å². The van der Waals surface area contributed by atoms with Crippen LogP contribution in [0.2, 0.25) is 0 Å². The maximum absolute atomic E-state index is 12.4. The van der Waals surface area contributed by atoms with Crippen molar-refractivity contribution in [2.24, 2.45) is 5.92 Å². The lowest BCUT2D eigenvalue weighted by molar-refractivity contribution is -0.129. The minimum Gasteiger partial charge on any atom is -0.352 e. The summed E-state index contributed by atoms with van der Waals surface area (Å²) in [4.78, 5) is 38.1. The van der Waals surface area contributed by atoms with Gasteiger partial charge in [-0.05, 0) is 44.5 Å². The second kappa shape index (κ2) is 9.36. The molecule has 6 heteroatoms. The fourth-order valence-corrected chi connectivity index (χ4v) is 3.03. The third-order valence-electron chi connectivity index (χ3n) is 4.63. The van der Waals surface area contributed by atoms with Crippen LogP contribution in [-0.4, -0.2) is 41.8 Å². The molecule has 2 N–H and O–H groups in total. The molecule has 2 rings (SSSR count). The molecule has 0 spiro atoms. The van der Waals surface area contributed by atoms with Crippen molar-refractivity contribution in [2.75, 3.05) is 18.4 Å². The number of hydrogen-bond donors (Lipinski definition) is 2. The van der Waals surface area contributed by atoms with Crippen molar-refractivity contribution >= 4 is 23.4 Å². The third kappa shape index (κ3) is 5.31. The van der Waals surface area contributed by atoms with Crippen molar-refractivity contribution < 1.29 is 14.4 Å². The fourth-order valence-electron chi connectivity index (χ4n) is 3.03. The van der Waals surface area contributed by atoms with E-state index in [-0.39, 0.29) is 36.1 Å². The standard InChI is InChI=1S/C20H29N3O3/c1-4-5-6-11-21-19(25)15-7-9-17(10-8-15)22-20(26)16-12-18(24)23(13-16)14(2)3/h7-10,14,16H,4-6,11-13H2,1-3H3,(H,21,25)(H,22,26). The molecule has 26 heavy (non-hydrogen) atoms. The normalized spacial score (nSPS) is 16.8. The SMILES string of the molecule is CCCCCNC(=O)c1ccc(NC(=O)C2CC(=O)N(C(C)C)C2)cc1. The number of hydrogen-bond acceptors (Lipinski definition) is 3. The van der Waals surface area contributed by atoms with Crippen LogP contribution in [0.15, 0.2) is 24.3 Å². The topological polar surface area (TPSA) is 78.5 Å². The number of carbonyl (C=O) groups excluding carboxylic acids is 3. The Balaban J connectivity index is 1.86. The lowest BCUT2D eigenvalue weighted by Gasteiger charge is -2.20. The maximum Gasteiger partial charge on any atom is 0.251 e. The highest BCUT2D eigenvalue weighted by atomic mass is 16.2. The van der Waals surface area contributed by atoms with Gasteiger partial charge in [0.2, 0.25) is 11.8 Å². The predicted octanol–water partition coefficient (Wildman–Crippen LogP) is 2.80. The van der Waals surface area contributed by atoms with E-state index < -0.39 is 0 Å². The number of likely N-dealkylation sites (tertiary alicyclic amines) is 1. The monoisotopic (exact) mass is 359 g/mol. The summed E-state index contributed by atoms with van der Waals surface area (Å²) in [5, 5.41) is 5.73. The zero-order valence-corrected chi connectivity index (χ0v) is 15.9. The first-order valence-corrected chi connectivity index (χ1v) is 9.41. The molecule has 0 aromatic heterocycles. The molecule has 0 saturated carbocycles. The van der Waals surface area contributed by atoms with Crippen molar-refractivity contribution in [1.82, 2.24) is 10.2 Å². The van der Waals surface area contributed by atoms with Crippen LogP contribution < -0.4 is 10.6 Å². The maximum atomic E-state index is 12.4. The fraction of sp³-hybridized carbons (Fsp3) is 0.550. The molecule has 1 aliphatic heterocycles. The first-order valence-electron chi connectivity index (χ1n) is 9.41. The molecule has 1 unspecified atom stereocenters. The molecule has 6 nitrogen and oxygen atoms in total. The molecule has 1 saturated heterocycles. The number of nitrogens with zero attached hydrogens (tertiary/aromatic N) is 1. The molecule has 0 bridgehead atoms. The number of unbranched alkanes of at least 4 members (excludes halogenated alkanes) is 2. The number of rotatable bonds is 8. The van der Waals surface area contributed by atoms with E-state index >= 15 is 0 Å². The van der Waals surface area contributed by atoms with E-state index in [4.69, 9.17) is 0 Å². The van der Waals surface area contributed by atoms with Crippen molar-refractivity contribution in [2.45, 2.75) is 52.5 Å². The van der Waals surface area contributed by atoms with Gasteiger partial charge in [-0.2, -0.15) is 0 Å². The highest BCUT2D eigenvalue weighted by Gasteiger charge is 2.35. The van der Waals surface area contributed by atoms with Crippen LogP contribution in [0.25, 0.3) is 0 Å². The van der Waals surface area contributed by atoms with Gasteiger partial charge in [-0.1, -0.05) is 19.8 Å². The number of amides is 3. The van der Waals surface area contributed by atoms with Crippen LogP contribution in [0.5, 0.6) is 0 Å². The summed E-state index contributed by atoms with van der Waals surface area (Å²) in [6.07, 6.45) is 3.45. The number of benzene rings is 1. The Morgan fingerprint density at radius 2 is 1.88 bits per heavy atom. The van der Waals surface area contributed by atoms with Crippen LogP contribution in [0.3, 0.4) is 0 Å². The summed E-state index contributed by atoms with van der Waals surface area (Å²) < 4.78 is 0. The van der Waals surface area contributed by atoms with E-state index in [0.29, 0.717) is 24.3 Å². The van der Waals surface area contributed by atoms with E-state index in [2.05, 4.69) is 17.6 Å². The molecule has 1 aromatic rings. The van der Waals surface area contributed by atoms with Gasteiger partial charge in [0.25, 0.3) is 5.91 Å². The molecule has 1 atom stereocenters. The number of carbonyl (C=O) groups is 3. The van der Waals surface area contributed by atoms with Crippen LogP contribution in [-0.2, 0) is 9.59 Å². The molecule has 1 aromatic carbocycles. The minimum atomic E-state index is -0.327. The van der Waals surface area contributed by atoms with Gasteiger partial charge in [-0.25, -0.2) is 0 Å². The molecule has 1 fully saturated rings. The van der Waals surface area contributed by atoms with E-state index in [1.54, 1.807) is 29.2 Å². The summed E-state index contributed by atoms with van der Waals surface area (Å²) >= 11 is 0. The average Bonchev–Trinajstić information content (AvgIpc) is 3.01. The van der Waals surface area contributed by atoms with Gasteiger partial charge < -0.3 is 15.5 Å². The van der Waals surface area contributed by atoms with Crippen molar-refractivity contribution in [3.05, 3.63) is 29.8 Å². The Morgan fingerprint density at radius 3 is 2.46 bits per heavy atom. The Bertz CT molecular complexity index is 640. The van der Waals surface area contributed by atoms with Crippen molar-refractivity contribution in [3.8, 4) is 0 Å². The zero-order chi connectivity index (χ0) is 19.1. The van der Waals surface area contributed by atoms with E-state index in [1.165, 1.54) is 0 Å². The number of anilines is 1. The number of nitrogens with one attached hydrogen (secondary N) is 2. The Morgan fingerprint density at radius 1 is 1.19 bits per heavy atom. The summed E-state index contributed by atoms with van der Waals surface area (Å²) in [7, 11) is 0. The molecule has 1 aliphatic rings. The summed E-state index contributed by atoms with van der Waals surface area (Å²) in [6.45, 7) is 7.15. The summed E-state index contributed by atoms with van der Waals surface area (Å²) in [5.41, 5.74) is 1.20. The molecular weight excluding hydrogens is 330 g/mol. The minimum absolute atomic E-state index is 0.0234. The lowest BCUT2D eigenvalue weighted by Crippen LogP contribution is -2.33. The van der Waals surface area contributed by atoms with Gasteiger partial charge in [-0.15, -0.1) is 0 Å². The molecule has 1 heterocycles. The van der Waals surface area contributed by atoms with E-state index in [1.807, 2.05) is 13.8 Å². The van der Waals surface area contributed by atoms with Crippen molar-refractivity contribution in [3.63, 3.8) is 0 Å². The van der Waals surface area contributed by atoms with E-state index in [9.17, 15) is 14.4 Å². The Labute approximate surface area is 155 Å². The molecule has 0 radical (unpaired) electrons. The molecule has 142 valence electrons. The first-order chi connectivity index (χ1) is 12.4. The quantitative estimate of drug-likeness (QED) is 0.701. The lowest BCUT2D eigenvalue weighted by atomic mass is 10.1. The second-order valence-corrected chi connectivity index (χ2v) is 7.07. The molecule has 0 aliphatic carbocycles. The van der Waals surface area contributed by atoms with Crippen LogP contribution >= 0.6 is 0 Å². The summed E-state index contributed by atoms with van der Waals surface area (Å²) in [6, 6.07) is 6.94.